The van der Waals surface area contributed by atoms with Crippen LogP contribution < -0.4 is 5.32 Å². The number of carbonyl (C=O) groups is 2. The Morgan fingerprint density at radius 3 is 3.00 bits per heavy atom. The Morgan fingerprint density at radius 1 is 1.32 bits per heavy atom. The van der Waals surface area contributed by atoms with E-state index in [9.17, 15) is 9.59 Å². The fourth-order valence-electron chi connectivity index (χ4n) is 2.50. The lowest BCUT2D eigenvalue weighted by Crippen LogP contribution is -2.20. The van der Waals surface area contributed by atoms with Crippen molar-refractivity contribution in [3.05, 3.63) is 47.2 Å². The van der Waals surface area contributed by atoms with E-state index in [1.807, 2.05) is 6.92 Å². The van der Waals surface area contributed by atoms with Crippen molar-refractivity contribution in [1.82, 2.24) is 20.2 Å². The summed E-state index contributed by atoms with van der Waals surface area (Å²) in [6.07, 6.45) is 0. The van der Waals surface area contributed by atoms with Gasteiger partial charge in [-0.25, -0.2) is 4.79 Å². The zero-order valence-electron chi connectivity index (χ0n) is 13.2. The molecular formula is C16H13N5O4. The summed E-state index contributed by atoms with van der Waals surface area (Å²) < 4.78 is 10.3. The standard InChI is InChI=1S/C16H13N5O4/c1-9-2-5-13(25-9)15-18-20-21(19-15)7-14(22)17-11-3-4-12-10(6-11)8-24-16(12)23/h2-6H,7-8H2,1H3,(H,17,22). The van der Waals surface area contributed by atoms with E-state index < -0.39 is 0 Å². The predicted molar refractivity (Wildman–Crippen MR) is 84.4 cm³/mol. The second kappa shape index (κ2) is 5.86. The van der Waals surface area contributed by atoms with Crippen molar-refractivity contribution in [3.8, 4) is 11.6 Å². The second-order valence-corrected chi connectivity index (χ2v) is 5.55. The number of aryl methyl sites for hydroxylation is 1. The molecule has 0 unspecified atom stereocenters. The Labute approximate surface area is 141 Å². The third kappa shape index (κ3) is 2.99. The molecule has 1 N–H and O–H groups in total. The van der Waals surface area contributed by atoms with Gasteiger partial charge in [0.1, 0.15) is 18.9 Å². The van der Waals surface area contributed by atoms with Gasteiger partial charge in [-0.3, -0.25) is 4.79 Å². The molecule has 9 nitrogen and oxygen atoms in total. The Kier molecular flexibility index (Phi) is 3.53. The van der Waals surface area contributed by atoms with Crippen LogP contribution in [0.5, 0.6) is 0 Å². The van der Waals surface area contributed by atoms with E-state index in [1.165, 1.54) is 4.80 Å². The highest BCUT2D eigenvalue weighted by Gasteiger charge is 2.21. The highest BCUT2D eigenvalue weighted by molar-refractivity contribution is 5.95. The number of cyclic esters (lactones) is 1. The molecule has 0 spiro atoms. The molecule has 2 aromatic heterocycles. The molecule has 0 aliphatic carbocycles. The average molecular weight is 339 g/mol. The highest BCUT2D eigenvalue weighted by Crippen LogP contribution is 2.23. The number of ether oxygens (including phenoxy) is 1. The number of benzene rings is 1. The van der Waals surface area contributed by atoms with Gasteiger partial charge in [0.05, 0.1) is 5.56 Å². The van der Waals surface area contributed by atoms with Gasteiger partial charge in [-0.1, -0.05) is 0 Å². The van der Waals surface area contributed by atoms with Crippen molar-refractivity contribution in [2.24, 2.45) is 0 Å². The Morgan fingerprint density at radius 2 is 2.20 bits per heavy atom. The molecule has 25 heavy (non-hydrogen) atoms. The number of amides is 1. The van der Waals surface area contributed by atoms with Crippen LogP contribution in [-0.2, 0) is 22.7 Å². The molecule has 0 saturated heterocycles. The maximum absolute atomic E-state index is 12.1. The summed E-state index contributed by atoms with van der Waals surface area (Å²) in [5, 5.41) is 14.6. The van der Waals surface area contributed by atoms with E-state index in [2.05, 4.69) is 20.7 Å². The van der Waals surface area contributed by atoms with E-state index in [0.717, 1.165) is 11.3 Å². The third-order valence-electron chi connectivity index (χ3n) is 3.67. The number of carbonyl (C=O) groups excluding carboxylic acids is 2. The van der Waals surface area contributed by atoms with Crippen molar-refractivity contribution in [1.29, 1.82) is 0 Å². The van der Waals surface area contributed by atoms with Crippen molar-refractivity contribution in [2.75, 3.05) is 5.32 Å². The third-order valence-corrected chi connectivity index (χ3v) is 3.67. The van der Waals surface area contributed by atoms with Gasteiger partial charge in [0, 0.05) is 11.3 Å². The van der Waals surface area contributed by atoms with Crippen LogP contribution in [0.25, 0.3) is 11.6 Å². The van der Waals surface area contributed by atoms with E-state index in [-0.39, 0.29) is 25.0 Å². The molecule has 126 valence electrons. The van der Waals surface area contributed by atoms with Crippen molar-refractivity contribution in [3.63, 3.8) is 0 Å². The maximum Gasteiger partial charge on any atom is 0.338 e. The number of anilines is 1. The molecule has 0 fully saturated rings. The molecule has 0 bridgehead atoms. The number of nitrogens with one attached hydrogen (secondary N) is 1. The number of rotatable bonds is 4. The normalized spacial score (nSPS) is 12.8. The molecule has 1 aliphatic rings. The van der Waals surface area contributed by atoms with Gasteiger partial charge in [-0.15, -0.1) is 10.2 Å². The number of esters is 1. The quantitative estimate of drug-likeness (QED) is 0.718. The fraction of sp³-hybridized carbons (Fsp3) is 0.188. The number of aromatic nitrogens is 4. The minimum atomic E-state index is -0.347. The van der Waals surface area contributed by atoms with Crippen LogP contribution in [-0.4, -0.2) is 32.1 Å². The zero-order valence-corrected chi connectivity index (χ0v) is 13.2. The molecule has 1 aliphatic heterocycles. The lowest BCUT2D eigenvalue weighted by molar-refractivity contribution is -0.117. The minimum Gasteiger partial charge on any atom is -0.458 e. The summed E-state index contributed by atoms with van der Waals surface area (Å²) in [4.78, 5) is 24.7. The second-order valence-electron chi connectivity index (χ2n) is 5.55. The van der Waals surface area contributed by atoms with Gasteiger partial charge >= 0.3 is 5.97 Å². The number of hydrogen-bond acceptors (Lipinski definition) is 7. The smallest absolute Gasteiger partial charge is 0.338 e. The van der Waals surface area contributed by atoms with E-state index in [1.54, 1.807) is 30.3 Å². The minimum absolute atomic E-state index is 0.0980. The molecular weight excluding hydrogens is 326 g/mol. The van der Waals surface area contributed by atoms with Crippen LogP contribution in [0.4, 0.5) is 5.69 Å². The van der Waals surface area contributed by atoms with Crippen molar-refractivity contribution < 1.29 is 18.7 Å². The largest absolute Gasteiger partial charge is 0.458 e. The first-order valence-corrected chi connectivity index (χ1v) is 7.53. The summed E-state index contributed by atoms with van der Waals surface area (Å²) in [5.41, 5.74) is 1.84. The molecule has 3 heterocycles. The molecule has 1 amide bonds. The van der Waals surface area contributed by atoms with Crippen LogP contribution in [0.15, 0.2) is 34.7 Å². The lowest BCUT2D eigenvalue weighted by Gasteiger charge is -2.05. The molecule has 0 radical (unpaired) electrons. The predicted octanol–water partition coefficient (Wildman–Crippen LogP) is 1.55. The summed E-state index contributed by atoms with van der Waals surface area (Å²) in [6.45, 7) is 1.93. The monoisotopic (exact) mass is 339 g/mol. The number of hydrogen-bond donors (Lipinski definition) is 1. The molecule has 1 aromatic carbocycles. The summed E-state index contributed by atoms with van der Waals surface area (Å²) >= 11 is 0. The number of nitrogens with zero attached hydrogens (tertiary/aromatic N) is 4. The Bertz CT molecular complexity index is 975. The number of fused-ring (bicyclic) bond motifs is 1. The van der Waals surface area contributed by atoms with Crippen LogP contribution in [0, 0.1) is 6.92 Å². The van der Waals surface area contributed by atoms with Crippen LogP contribution >= 0.6 is 0 Å². The van der Waals surface area contributed by atoms with Gasteiger partial charge in [0.15, 0.2) is 5.76 Å². The summed E-state index contributed by atoms with van der Waals surface area (Å²) in [7, 11) is 0. The molecule has 4 rings (SSSR count). The van der Waals surface area contributed by atoms with E-state index >= 15 is 0 Å². The number of tetrazole rings is 1. The molecule has 0 saturated carbocycles. The van der Waals surface area contributed by atoms with E-state index in [4.69, 9.17) is 9.15 Å². The van der Waals surface area contributed by atoms with Gasteiger partial charge in [0.2, 0.25) is 11.7 Å². The topological polar surface area (TPSA) is 112 Å². The first-order chi connectivity index (χ1) is 12.1. The van der Waals surface area contributed by atoms with Gasteiger partial charge in [-0.05, 0) is 42.5 Å². The fourth-order valence-corrected chi connectivity index (χ4v) is 2.50. The maximum atomic E-state index is 12.1. The van der Waals surface area contributed by atoms with E-state index in [0.29, 0.717) is 22.8 Å². The van der Waals surface area contributed by atoms with Crippen LogP contribution in [0.1, 0.15) is 21.7 Å². The van der Waals surface area contributed by atoms with Crippen LogP contribution in [0.3, 0.4) is 0 Å². The zero-order chi connectivity index (χ0) is 17.4. The average Bonchev–Trinajstić information content (AvgIpc) is 3.28. The van der Waals surface area contributed by atoms with Gasteiger partial charge < -0.3 is 14.5 Å². The first kappa shape index (κ1) is 15.1. The van der Waals surface area contributed by atoms with Crippen molar-refractivity contribution >= 4 is 17.6 Å². The Balaban J connectivity index is 1.43. The lowest BCUT2D eigenvalue weighted by atomic mass is 10.1. The highest BCUT2D eigenvalue weighted by atomic mass is 16.5. The summed E-state index contributed by atoms with van der Waals surface area (Å²) in [5.74, 6) is 0.884. The first-order valence-electron chi connectivity index (χ1n) is 7.53. The van der Waals surface area contributed by atoms with Gasteiger partial charge in [-0.2, -0.15) is 4.80 Å². The molecule has 3 aromatic rings. The molecule has 0 atom stereocenters. The number of furan rings is 1. The Hall–Kier alpha value is -3.49. The van der Waals surface area contributed by atoms with Gasteiger partial charge in [0.25, 0.3) is 0 Å². The van der Waals surface area contributed by atoms with Crippen LogP contribution in [0.2, 0.25) is 0 Å². The SMILES string of the molecule is Cc1ccc(-c2nnn(CC(=O)Nc3ccc4c(c3)COC4=O)n2)o1. The summed E-state index contributed by atoms with van der Waals surface area (Å²) in [6, 6.07) is 8.53. The van der Waals surface area contributed by atoms with Crippen molar-refractivity contribution in [2.45, 2.75) is 20.1 Å². The molecule has 9 heteroatoms.